The molecule has 1 fully saturated rings. The molecule has 1 aliphatic carbocycles. The van der Waals surface area contributed by atoms with Crippen molar-refractivity contribution in [2.45, 2.75) is 18.8 Å². The summed E-state index contributed by atoms with van der Waals surface area (Å²) in [5.41, 5.74) is 5.24. The van der Waals surface area contributed by atoms with Crippen LogP contribution >= 0.6 is 0 Å². The Morgan fingerprint density at radius 3 is 2.64 bits per heavy atom. The molecule has 1 aliphatic rings. The topological polar surface area (TPSA) is 85.3 Å². The number of hydrogen-bond donors (Lipinski definition) is 2. The number of anilines is 1. The Morgan fingerprint density at radius 1 is 1.50 bits per heavy atom. The summed E-state index contributed by atoms with van der Waals surface area (Å²) in [7, 11) is 0. The van der Waals surface area contributed by atoms with Crippen LogP contribution in [0.5, 0.6) is 0 Å². The number of carboxylic acid groups (broad SMARTS) is 1. The monoisotopic (exact) mass is 194 g/mol. The largest absolute Gasteiger partial charge is 0.464 e. The second-order valence-electron chi connectivity index (χ2n) is 3.41. The molecule has 0 saturated heterocycles. The van der Waals surface area contributed by atoms with Crippen molar-refractivity contribution in [2.24, 2.45) is 0 Å². The van der Waals surface area contributed by atoms with Gasteiger partial charge in [0.15, 0.2) is 0 Å². The summed E-state index contributed by atoms with van der Waals surface area (Å²) in [5, 5.41) is 8.86. The molecule has 0 bridgehead atoms. The average molecular weight is 194 g/mol. The molecule has 1 aromatic rings. The first-order valence-corrected chi connectivity index (χ1v) is 4.36. The van der Waals surface area contributed by atoms with E-state index >= 15 is 0 Å². The molecular weight excluding hydrogens is 184 g/mol. The molecule has 14 heavy (non-hydrogen) atoms. The molecular formula is C9H10N2O3. The van der Waals surface area contributed by atoms with Crippen LogP contribution in [0, 0.1) is 0 Å². The van der Waals surface area contributed by atoms with Gasteiger partial charge in [-0.25, -0.2) is 9.36 Å². The minimum Gasteiger partial charge on any atom is -0.464 e. The lowest BCUT2D eigenvalue weighted by Gasteiger charge is -2.07. The first-order valence-electron chi connectivity index (χ1n) is 4.36. The van der Waals surface area contributed by atoms with Crippen LogP contribution in [0.25, 0.3) is 0 Å². The van der Waals surface area contributed by atoms with Gasteiger partial charge in [-0.2, -0.15) is 0 Å². The summed E-state index contributed by atoms with van der Waals surface area (Å²) in [6, 6.07) is 3.08. The normalized spacial score (nSPS) is 15.4. The van der Waals surface area contributed by atoms with Gasteiger partial charge in [0.2, 0.25) is 0 Å². The first-order chi connectivity index (χ1) is 6.61. The van der Waals surface area contributed by atoms with Crippen LogP contribution in [0.3, 0.4) is 0 Å². The van der Waals surface area contributed by atoms with Gasteiger partial charge in [0.25, 0.3) is 5.56 Å². The van der Waals surface area contributed by atoms with Crippen LogP contribution in [0.1, 0.15) is 24.5 Å². The van der Waals surface area contributed by atoms with E-state index < -0.39 is 11.7 Å². The van der Waals surface area contributed by atoms with Crippen molar-refractivity contribution in [1.29, 1.82) is 0 Å². The van der Waals surface area contributed by atoms with Crippen molar-refractivity contribution >= 4 is 11.8 Å². The van der Waals surface area contributed by atoms with E-state index in [-0.39, 0.29) is 11.6 Å². The molecule has 0 radical (unpaired) electrons. The van der Waals surface area contributed by atoms with Gasteiger partial charge in [-0.05, 0) is 30.9 Å². The molecule has 1 saturated carbocycles. The summed E-state index contributed by atoms with van der Waals surface area (Å²) in [6.07, 6.45) is 0.622. The van der Waals surface area contributed by atoms with Crippen molar-refractivity contribution < 1.29 is 9.90 Å². The fraction of sp³-hybridized carbons (Fsp3) is 0.333. The van der Waals surface area contributed by atoms with Crippen LogP contribution < -0.4 is 11.3 Å². The first kappa shape index (κ1) is 8.80. The predicted octanol–water partition coefficient (Wildman–Crippen LogP) is 0.834. The van der Waals surface area contributed by atoms with Gasteiger partial charge in [-0.15, -0.1) is 0 Å². The average Bonchev–Trinajstić information content (AvgIpc) is 2.91. The van der Waals surface area contributed by atoms with E-state index in [0.29, 0.717) is 5.69 Å². The fourth-order valence-corrected chi connectivity index (χ4v) is 1.46. The van der Waals surface area contributed by atoms with Gasteiger partial charge in [-0.3, -0.25) is 4.79 Å². The second kappa shape index (κ2) is 2.87. The molecule has 0 atom stereocenters. The van der Waals surface area contributed by atoms with Gasteiger partial charge < -0.3 is 10.8 Å². The number of nitrogens with zero attached hydrogens (tertiary/aromatic N) is 1. The number of nitrogen functional groups attached to an aromatic ring is 1. The Morgan fingerprint density at radius 2 is 2.14 bits per heavy atom. The molecule has 0 spiro atoms. The highest BCUT2D eigenvalue weighted by molar-refractivity contribution is 5.70. The third-order valence-corrected chi connectivity index (χ3v) is 2.33. The van der Waals surface area contributed by atoms with Crippen molar-refractivity contribution in [3.63, 3.8) is 0 Å². The van der Waals surface area contributed by atoms with E-state index in [9.17, 15) is 9.59 Å². The van der Waals surface area contributed by atoms with Gasteiger partial charge >= 0.3 is 6.09 Å². The Kier molecular flexibility index (Phi) is 1.80. The summed E-state index contributed by atoms with van der Waals surface area (Å²) < 4.78 is 0.743. The highest BCUT2D eigenvalue weighted by Gasteiger charge is 2.28. The van der Waals surface area contributed by atoms with Crippen molar-refractivity contribution in [1.82, 2.24) is 4.57 Å². The smallest absolute Gasteiger partial charge is 0.418 e. The summed E-state index contributed by atoms with van der Waals surface area (Å²) in [4.78, 5) is 22.3. The zero-order chi connectivity index (χ0) is 10.3. The third-order valence-electron chi connectivity index (χ3n) is 2.33. The Bertz CT molecular complexity index is 446. The number of nitrogens with two attached hydrogens (primary N) is 1. The number of hydrogen-bond acceptors (Lipinski definition) is 3. The van der Waals surface area contributed by atoms with E-state index in [1.165, 1.54) is 6.07 Å². The highest BCUT2D eigenvalue weighted by atomic mass is 16.4. The van der Waals surface area contributed by atoms with E-state index in [1.807, 2.05) is 0 Å². The molecule has 5 nitrogen and oxygen atoms in total. The summed E-state index contributed by atoms with van der Waals surface area (Å²) in [6.45, 7) is 0. The molecule has 0 aliphatic heterocycles. The minimum atomic E-state index is -1.26. The maximum atomic E-state index is 11.4. The van der Waals surface area contributed by atoms with Crippen molar-refractivity contribution in [2.75, 3.05) is 5.73 Å². The van der Waals surface area contributed by atoms with Crippen LogP contribution in [0.15, 0.2) is 16.9 Å². The third kappa shape index (κ3) is 1.26. The van der Waals surface area contributed by atoms with Crippen LogP contribution in [-0.2, 0) is 0 Å². The van der Waals surface area contributed by atoms with Gasteiger partial charge in [0.1, 0.15) is 0 Å². The van der Waals surface area contributed by atoms with Crippen molar-refractivity contribution in [3.8, 4) is 0 Å². The van der Waals surface area contributed by atoms with Crippen LogP contribution in [-0.4, -0.2) is 15.8 Å². The molecule has 1 aromatic heterocycles. The van der Waals surface area contributed by atoms with E-state index in [1.54, 1.807) is 6.07 Å². The number of aromatic nitrogens is 1. The quantitative estimate of drug-likeness (QED) is 0.693. The zero-order valence-corrected chi connectivity index (χ0v) is 7.43. The van der Waals surface area contributed by atoms with Crippen LogP contribution in [0.2, 0.25) is 0 Å². The summed E-state index contributed by atoms with van der Waals surface area (Å²) >= 11 is 0. The lowest BCUT2D eigenvalue weighted by Crippen LogP contribution is -2.30. The van der Waals surface area contributed by atoms with Gasteiger partial charge in [0.05, 0.1) is 5.69 Å². The molecule has 0 unspecified atom stereocenters. The summed E-state index contributed by atoms with van der Waals surface area (Å²) in [5.74, 6) is 0.208. The number of carbonyl (C=O) groups is 1. The molecule has 0 aromatic carbocycles. The van der Waals surface area contributed by atoms with Crippen LogP contribution in [0.4, 0.5) is 10.5 Å². The molecule has 3 N–H and O–H groups in total. The highest BCUT2D eigenvalue weighted by Crippen LogP contribution is 2.39. The maximum Gasteiger partial charge on any atom is 0.418 e. The van der Waals surface area contributed by atoms with E-state index in [4.69, 9.17) is 10.8 Å². The second-order valence-corrected chi connectivity index (χ2v) is 3.41. The van der Waals surface area contributed by atoms with E-state index in [0.717, 1.165) is 17.4 Å². The fourth-order valence-electron chi connectivity index (χ4n) is 1.46. The molecule has 2 rings (SSSR count). The standard InChI is InChI=1S/C9H10N2O3/c10-6-3-4-7(5-1-2-5)11(8(6)12)9(13)14/h3-5H,1-2,10H2,(H,13,14). The van der Waals surface area contributed by atoms with Gasteiger partial charge in [-0.1, -0.05) is 0 Å². The Labute approximate surface area is 79.8 Å². The lowest BCUT2D eigenvalue weighted by molar-refractivity contribution is 0.194. The predicted molar refractivity (Wildman–Crippen MR) is 50.5 cm³/mol. The molecule has 74 valence electrons. The SMILES string of the molecule is Nc1ccc(C2CC2)n(C(=O)O)c1=O. The zero-order valence-electron chi connectivity index (χ0n) is 7.43. The van der Waals surface area contributed by atoms with Gasteiger partial charge in [0, 0.05) is 5.69 Å². The lowest BCUT2D eigenvalue weighted by atomic mass is 10.2. The Balaban J connectivity index is 2.65. The molecule has 5 heteroatoms. The molecule has 1 heterocycles. The maximum absolute atomic E-state index is 11.4. The number of rotatable bonds is 1. The minimum absolute atomic E-state index is 0.0307. The molecule has 0 amide bonds. The van der Waals surface area contributed by atoms with E-state index in [2.05, 4.69) is 0 Å². The Hall–Kier alpha value is -1.78. The number of pyridine rings is 1. The van der Waals surface area contributed by atoms with Crippen molar-refractivity contribution in [3.05, 3.63) is 28.2 Å².